The van der Waals surface area contributed by atoms with Crippen molar-refractivity contribution in [3.63, 3.8) is 0 Å². The van der Waals surface area contributed by atoms with Crippen LogP contribution in [0.3, 0.4) is 0 Å². The van der Waals surface area contributed by atoms with Gasteiger partial charge < -0.3 is 10.1 Å². The zero-order valence-electron chi connectivity index (χ0n) is 16.2. The van der Waals surface area contributed by atoms with E-state index >= 15 is 0 Å². The number of esters is 1. The molecule has 0 aliphatic heterocycles. The number of benzene rings is 1. The average molecular weight is 399 g/mol. The van der Waals surface area contributed by atoms with E-state index in [-0.39, 0.29) is 24.6 Å². The summed E-state index contributed by atoms with van der Waals surface area (Å²) >= 11 is 1.12. The van der Waals surface area contributed by atoms with Crippen LogP contribution in [0.2, 0.25) is 0 Å². The van der Waals surface area contributed by atoms with Gasteiger partial charge in [0, 0.05) is 5.69 Å². The molecule has 1 amide bonds. The Kier molecular flexibility index (Phi) is 5.60. The topological polar surface area (TPSA) is 90.3 Å². The number of anilines is 1. The average Bonchev–Trinajstić information content (AvgIpc) is 2.98. The van der Waals surface area contributed by atoms with E-state index in [1.54, 1.807) is 13.8 Å². The number of ether oxygens (including phenoxy) is 1. The first-order valence-electron chi connectivity index (χ1n) is 8.84. The van der Waals surface area contributed by atoms with E-state index in [2.05, 4.69) is 10.3 Å². The van der Waals surface area contributed by atoms with Gasteiger partial charge in [-0.1, -0.05) is 12.1 Å². The maximum absolute atomic E-state index is 12.8. The van der Waals surface area contributed by atoms with Crippen LogP contribution in [0, 0.1) is 20.8 Å². The predicted molar refractivity (Wildman–Crippen MR) is 109 cm³/mol. The molecule has 0 saturated carbocycles. The highest BCUT2D eigenvalue weighted by molar-refractivity contribution is 7.20. The maximum atomic E-state index is 12.8. The number of carbonyl (C=O) groups is 2. The molecule has 7 nitrogen and oxygen atoms in total. The van der Waals surface area contributed by atoms with Crippen molar-refractivity contribution < 1.29 is 14.3 Å². The van der Waals surface area contributed by atoms with E-state index in [1.807, 2.05) is 32.0 Å². The minimum atomic E-state index is -0.471. The van der Waals surface area contributed by atoms with Crippen LogP contribution in [0.4, 0.5) is 5.69 Å². The van der Waals surface area contributed by atoms with Crippen molar-refractivity contribution in [2.24, 2.45) is 0 Å². The summed E-state index contributed by atoms with van der Waals surface area (Å²) in [5.74, 6) is -0.794. The van der Waals surface area contributed by atoms with Gasteiger partial charge in [-0.15, -0.1) is 11.3 Å². The first-order valence-corrected chi connectivity index (χ1v) is 9.66. The predicted octanol–water partition coefficient (Wildman–Crippen LogP) is 3.20. The highest BCUT2D eigenvalue weighted by atomic mass is 32.1. The first-order chi connectivity index (χ1) is 13.3. The molecule has 0 saturated heterocycles. The van der Waals surface area contributed by atoms with Crippen molar-refractivity contribution >= 4 is 39.1 Å². The fourth-order valence-electron chi connectivity index (χ4n) is 2.88. The van der Waals surface area contributed by atoms with Crippen LogP contribution in [0.5, 0.6) is 0 Å². The van der Waals surface area contributed by atoms with Gasteiger partial charge in [0.25, 0.3) is 5.56 Å². The summed E-state index contributed by atoms with van der Waals surface area (Å²) in [6.07, 6.45) is 1.33. The van der Waals surface area contributed by atoms with E-state index in [4.69, 9.17) is 4.74 Å². The zero-order valence-corrected chi connectivity index (χ0v) is 17.0. The highest BCUT2D eigenvalue weighted by Gasteiger charge is 2.20. The standard InChI is InChI=1S/C20H21N3O4S/c1-5-27-20(26)17-13(4)16-18(28-17)21-10-23(19(16)25)9-15(24)22-14-8-11(2)6-7-12(14)3/h6-8,10H,5,9H2,1-4H3,(H,22,24). The van der Waals surface area contributed by atoms with Gasteiger partial charge in [0.1, 0.15) is 16.3 Å². The third-order valence-corrected chi connectivity index (χ3v) is 5.54. The van der Waals surface area contributed by atoms with Gasteiger partial charge in [0.15, 0.2) is 0 Å². The molecule has 3 aromatic rings. The number of amides is 1. The largest absolute Gasteiger partial charge is 0.462 e. The third kappa shape index (κ3) is 3.82. The van der Waals surface area contributed by atoms with E-state index < -0.39 is 5.97 Å². The molecule has 3 rings (SSSR count). The molecule has 0 bridgehead atoms. The smallest absolute Gasteiger partial charge is 0.348 e. The number of aromatic nitrogens is 2. The lowest BCUT2D eigenvalue weighted by Crippen LogP contribution is -2.28. The van der Waals surface area contributed by atoms with E-state index in [0.717, 1.165) is 22.5 Å². The Labute approximate surface area is 166 Å². The molecule has 0 unspecified atom stereocenters. The molecule has 2 aromatic heterocycles. The number of thiophene rings is 1. The van der Waals surface area contributed by atoms with Crippen molar-refractivity contribution in [2.75, 3.05) is 11.9 Å². The molecule has 0 fully saturated rings. The Balaban J connectivity index is 1.89. The van der Waals surface area contributed by atoms with Crippen LogP contribution in [0.1, 0.15) is 33.3 Å². The van der Waals surface area contributed by atoms with Crippen LogP contribution in [0.25, 0.3) is 10.2 Å². The van der Waals surface area contributed by atoms with E-state index in [9.17, 15) is 14.4 Å². The number of hydrogen-bond donors (Lipinski definition) is 1. The fraction of sp³-hybridized carbons (Fsp3) is 0.300. The van der Waals surface area contributed by atoms with Crippen molar-refractivity contribution in [1.29, 1.82) is 0 Å². The third-order valence-electron chi connectivity index (χ3n) is 4.36. The highest BCUT2D eigenvalue weighted by Crippen LogP contribution is 2.27. The lowest BCUT2D eigenvalue weighted by atomic mass is 10.1. The number of carbonyl (C=O) groups excluding carboxylic acids is 2. The van der Waals surface area contributed by atoms with Crippen molar-refractivity contribution in [3.05, 3.63) is 56.4 Å². The molecule has 8 heteroatoms. The van der Waals surface area contributed by atoms with E-state index in [1.165, 1.54) is 10.9 Å². The Morgan fingerprint density at radius 1 is 1.25 bits per heavy atom. The quantitative estimate of drug-likeness (QED) is 0.666. The number of nitrogens with zero attached hydrogens (tertiary/aromatic N) is 2. The second-order valence-corrected chi connectivity index (χ2v) is 7.50. The molecule has 2 heterocycles. The van der Waals surface area contributed by atoms with Crippen molar-refractivity contribution in [2.45, 2.75) is 34.2 Å². The van der Waals surface area contributed by atoms with Crippen LogP contribution < -0.4 is 10.9 Å². The minimum absolute atomic E-state index is 0.167. The number of nitrogens with one attached hydrogen (secondary N) is 1. The summed E-state index contributed by atoms with van der Waals surface area (Å²) in [5, 5.41) is 3.17. The Morgan fingerprint density at radius 3 is 2.71 bits per heavy atom. The van der Waals surface area contributed by atoms with Crippen molar-refractivity contribution in [1.82, 2.24) is 9.55 Å². The Bertz CT molecular complexity index is 1130. The number of rotatable bonds is 5. The van der Waals surface area contributed by atoms with Gasteiger partial charge in [-0.05, 0) is 50.5 Å². The fourth-order valence-corrected chi connectivity index (χ4v) is 3.91. The van der Waals surface area contributed by atoms with Gasteiger partial charge in [0.2, 0.25) is 5.91 Å². The molecule has 0 spiro atoms. The van der Waals surface area contributed by atoms with Gasteiger partial charge in [-0.3, -0.25) is 14.2 Å². The zero-order chi connectivity index (χ0) is 20.4. The van der Waals surface area contributed by atoms with Crippen LogP contribution >= 0.6 is 11.3 Å². The normalized spacial score (nSPS) is 10.9. The summed E-state index contributed by atoms with van der Waals surface area (Å²) in [6, 6.07) is 5.77. The number of fused-ring (bicyclic) bond motifs is 1. The van der Waals surface area contributed by atoms with Crippen LogP contribution in [-0.2, 0) is 16.1 Å². The summed E-state index contributed by atoms with van der Waals surface area (Å²) in [5.41, 5.74) is 2.85. The summed E-state index contributed by atoms with van der Waals surface area (Å²) < 4.78 is 6.28. The monoisotopic (exact) mass is 399 g/mol. The maximum Gasteiger partial charge on any atom is 0.348 e. The van der Waals surface area contributed by atoms with Gasteiger partial charge in [-0.2, -0.15) is 0 Å². The van der Waals surface area contributed by atoms with Gasteiger partial charge in [0.05, 0.1) is 18.3 Å². The SMILES string of the molecule is CCOC(=O)c1sc2ncn(CC(=O)Nc3cc(C)ccc3C)c(=O)c2c1C. The number of hydrogen-bond acceptors (Lipinski definition) is 6. The summed E-state index contributed by atoms with van der Waals surface area (Å²) in [7, 11) is 0. The molecule has 146 valence electrons. The van der Waals surface area contributed by atoms with Gasteiger partial charge >= 0.3 is 5.97 Å². The molecular weight excluding hydrogens is 378 g/mol. The Hall–Kier alpha value is -3.00. The van der Waals surface area contributed by atoms with Gasteiger partial charge in [-0.25, -0.2) is 9.78 Å². The summed E-state index contributed by atoms with van der Waals surface area (Å²) in [4.78, 5) is 42.4. The minimum Gasteiger partial charge on any atom is -0.462 e. The molecule has 0 atom stereocenters. The lowest BCUT2D eigenvalue weighted by molar-refractivity contribution is -0.116. The first kappa shape index (κ1) is 19.8. The molecule has 1 N–H and O–H groups in total. The lowest BCUT2D eigenvalue weighted by Gasteiger charge is -2.10. The molecule has 0 aliphatic carbocycles. The molecule has 28 heavy (non-hydrogen) atoms. The van der Waals surface area contributed by atoms with E-state index in [0.29, 0.717) is 26.3 Å². The molecule has 0 radical (unpaired) electrons. The molecule has 1 aromatic carbocycles. The second kappa shape index (κ2) is 7.93. The molecular formula is C20H21N3O4S. The van der Waals surface area contributed by atoms with Crippen LogP contribution in [0.15, 0.2) is 29.3 Å². The summed E-state index contributed by atoms with van der Waals surface area (Å²) in [6.45, 7) is 7.34. The van der Waals surface area contributed by atoms with Crippen LogP contribution in [-0.4, -0.2) is 28.0 Å². The Morgan fingerprint density at radius 2 is 2.00 bits per heavy atom. The second-order valence-electron chi connectivity index (χ2n) is 6.50. The molecule has 0 aliphatic rings. The van der Waals surface area contributed by atoms with Crippen molar-refractivity contribution in [3.8, 4) is 0 Å². The number of aryl methyl sites for hydroxylation is 3.